The van der Waals surface area contributed by atoms with Crippen LogP contribution in [0.5, 0.6) is 0 Å². The van der Waals surface area contributed by atoms with E-state index in [9.17, 15) is 4.79 Å². The van der Waals surface area contributed by atoms with Crippen molar-refractivity contribution in [3.05, 3.63) is 30.1 Å². The SMILES string of the molecule is CN(Cc1ccncc1)C(=O)O. The van der Waals surface area contributed by atoms with Crippen LogP contribution in [0.4, 0.5) is 4.79 Å². The van der Waals surface area contributed by atoms with Crippen LogP contribution in [0, 0.1) is 0 Å². The highest BCUT2D eigenvalue weighted by Crippen LogP contribution is 2.00. The van der Waals surface area contributed by atoms with Crippen LogP contribution in [0.3, 0.4) is 0 Å². The molecule has 12 heavy (non-hydrogen) atoms. The molecule has 4 nitrogen and oxygen atoms in total. The standard InChI is InChI=1S/C8H10N2O2/c1-10(8(11)12)6-7-2-4-9-5-3-7/h2-5H,6H2,1H3,(H,11,12). The Labute approximate surface area is 70.5 Å². The second-order valence-electron chi connectivity index (χ2n) is 2.49. The van der Waals surface area contributed by atoms with Gasteiger partial charge in [0.2, 0.25) is 0 Å². The molecule has 1 amide bonds. The Hall–Kier alpha value is -1.58. The Balaban J connectivity index is 2.58. The number of hydrogen-bond donors (Lipinski definition) is 1. The van der Waals surface area contributed by atoms with Crippen molar-refractivity contribution in [1.82, 2.24) is 9.88 Å². The zero-order chi connectivity index (χ0) is 8.97. The Bertz CT molecular complexity index is 261. The van der Waals surface area contributed by atoms with Crippen LogP contribution in [0.25, 0.3) is 0 Å². The third-order valence-electron chi connectivity index (χ3n) is 1.50. The van der Waals surface area contributed by atoms with Crippen molar-refractivity contribution in [1.29, 1.82) is 0 Å². The maximum Gasteiger partial charge on any atom is 0.407 e. The van der Waals surface area contributed by atoms with Gasteiger partial charge in [0, 0.05) is 26.0 Å². The molecule has 64 valence electrons. The van der Waals surface area contributed by atoms with Gasteiger partial charge in [0.1, 0.15) is 0 Å². The monoisotopic (exact) mass is 166 g/mol. The van der Waals surface area contributed by atoms with Gasteiger partial charge in [-0.1, -0.05) is 0 Å². The van der Waals surface area contributed by atoms with Gasteiger partial charge >= 0.3 is 6.09 Å². The first-order valence-corrected chi connectivity index (χ1v) is 3.53. The minimum Gasteiger partial charge on any atom is -0.465 e. The normalized spacial score (nSPS) is 9.42. The van der Waals surface area contributed by atoms with Crippen LogP contribution < -0.4 is 0 Å². The van der Waals surface area contributed by atoms with Gasteiger partial charge in [-0.3, -0.25) is 4.98 Å². The Morgan fingerprint density at radius 1 is 1.58 bits per heavy atom. The summed E-state index contributed by atoms with van der Waals surface area (Å²) >= 11 is 0. The van der Waals surface area contributed by atoms with E-state index in [4.69, 9.17) is 5.11 Å². The molecule has 0 aliphatic heterocycles. The van der Waals surface area contributed by atoms with Crippen molar-refractivity contribution in [2.24, 2.45) is 0 Å². The summed E-state index contributed by atoms with van der Waals surface area (Å²) in [5, 5.41) is 8.55. The molecular formula is C8H10N2O2. The van der Waals surface area contributed by atoms with Crippen molar-refractivity contribution >= 4 is 6.09 Å². The highest BCUT2D eigenvalue weighted by molar-refractivity contribution is 5.64. The lowest BCUT2D eigenvalue weighted by atomic mass is 10.2. The first-order valence-electron chi connectivity index (χ1n) is 3.53. The van der Waals surface area contributed by atoms with E-state index in [-0.39, 0.29) is 0 Å². The summed E-state index contributed by atoms with van der Waals surface area (Å²) in [4.78, 5) is 15.5. The van der Waals surface area contributed by atoms with Gasteiger partial charge in [-0.2, -0.15) is 0 Å². The number of carbonyl (C=O) groups is 1. The van der Waals surface area contributed by atoms with Gasteiger partial charge in [-0.15, -0.1) is 0 Å². The third-order valence-corrected chi connectivity index (χ3v) is 1.50. The summed E-state index contributed by atoms with van der Waals surface area (Å²) in [6.07, 6.45) is 2.36. The molecule has 0 atom stereocenters. The molecule has 0 saturated carbocycles. The minimum atomic E-state index is -0.924. The molecule has 0 aromatic carbocycles. The smallest absolute Gasteiger partial charge is 0.407 e. The van der Waals surface area contributed by atoms with Gasteiger partial charge in [0.15, 0.2) is 0 Å². The average molecular weight is 166 g/mol. The van der Waals surface area contributed by atoms with Crippen LogP contribution in [0.2, 0.25) is 0 Å². The van der Waals surface area contributed by atoms with E-state index < -0.39 is 6.09 Å². The quantitative estimate of drug-likeness (QED) is 0.718. The molecule has 0 aliphatic rings. The van der Waals surface area contributed by atoms with E-state index in [0.717, 1.165) is 5.56 Å². The number of aromatic nitrogens is 1. The number of carboxylic acid groups (broad SMARTS) is 1. The molecule has 1 rings (SSSR count). The van der Waals surface area contributed by atoms with Crippen molar-refractivity contribution in [2.45, 2.75) is 6.54 Å². The molecule has 4 heteroatoms. The van der Waals surface area contributed by atoms with Crippen molar-refractivity contribution in [3.63, 3.8) is 0 Å². The van der Waals surface area contributed by atoms with E-state index >= 15 is 0 Å². The fourth-order valence-corrected chi connectivity index (χ4v) is 0.830. The zero-order valence-electron chi connectivity index (χ0n) is 6.77. The van der Waals surface area contributed by atoms with Crippen LogP contribution in [-0.4, -0.2) is 28.1 Å². The fourth-order valence-electron chi connectivity index (χ4n) is 0.830. The predicted octanol–water partition coefficient (Wildman–Crippen LogP) is 1.19. The summed E-state index contributed by atoms with van der Waals surface area (Å²) < 4.78 is 0. The first kappa shape index (κ1) is 8.52. The zero-order valence-corrected chi connectivity index (χ0v) is 6.77. The second kappa shape index (κ2) is 3.71. The van der Waals surface area contributed by atoms with Crippen molar-refractivity contribution in [2.75, 3.05) is 7.05 Å². The third kappa shape index (κ3) is 2.23. The molecule has 1 heterocycles. The Morgan fingerprint density at radius 2 is 2.17 bits per heavy atom. The van der Waals surface area contributed by atoms with Crippen LogP contribution in [0.15, 0.2) is 24.5 Å². The van der Waals surface area contributed by atoms with Gasteiger partial charge in [0.25, 0.3) is 0 Å². The van der Waals surface area contributed by atoms with E-state index in [0.29, 0.717) is 6.54 Å². The van der Waals surface area contributed by atoms with Gasteiger partial charge < -0.3 is 10.0 Å². The molecule has 0 spiro atoms. The Kier molecular flexibility index (Phi) is 2.63. The highest BCUT2D eigenvalue weighted by atomic mass is 16.4. The predicted molar refractivity (Wildman–Crippen MR) is 43.7 cm³/mol. The molecule has 0 aliphatic carbocycles. The van der Waals surface area contributed by atoms with Crippen LogP contribution in [-0.2, 0) is 6.54 Å². The summed E-state index contributed by atoms with van der Waals surface area (Å²) in [5.41, 5.74) is 0.940. The number of amides is 1. The van der Waals surface area contributed by atoms with Gasteiger partial charge in [-0.05, 0) is 17.7 Å². The average Bonchev–Trinajstić information content (AvgIpc) is 2.06. The van der Waals surface area contributed by atoms with Crippen LogP contribution in [0.1, 0.15) is 5.56 Å². The molecule has 1 aromatic heterocycles. The molecule has 0 fully saturated rings. The number of rotatable bonds is 2. The molecule has 0 bridgehead atoms. The van der Waals surface area contributed by atoms with Gasteiger partial charge in [-0.25, -0.2) is 4.79 Å². The van der Waals surface area contributed by atoms with E-state index in [1.165, 1.54) is 11.9 Å². The summed E-state index contributed by atoms with van der Waals surface area (Å²) in [5.74, 6) is 0. The van der Waals surface area contributed by atoms with Crippen LogP contribution >= 0.6 is 0 Å². The molecular weight excluding hydrogens is 156 g/mol. The van der Waals surface area contributed by atoms with E-state index in [2.05, 4.69) is 4.98 Å². The van der Waals surface area contributed by atoms with Gasteiger partial charge in [0.05, 0.1) is 0 Å². The second-order valence-corrected chi connectivity index (χ2v) is 2.49. The van der Waals surface area contributed by atoms with E-state index in [1.807, 2.05) is 0 Å². The molecule has 0 radical (unpaired) electrons. The maximum absolute atomic E-state index is 10.4. The number of pyridine rings is 1. The largest absolute Gasteiger partial charge is 0.465 e. The summed E-state index contributed by atoms with van der Waals surface area (Å²) in [7, 11) is 1.53. The molecule has 1 aromatic rings. The summed E-state index contributed by atoms with van der Waals surface area (Å²) in [6.45, 7) is 0.401. The van der Waals surface area contributed by atoms with Crippen molar-refractivity contribution < 1.29 is 9.90 Å². The molecule has 0 saturated heterocycles. The highest BCUT2D eigenvalue weighted by Gasteiger charge is 2.04. The number of nitrogens with zero attached hydrogens (tertiary/aromatic N) is 2. The molecule has 0 unspecified atom stereocenters. The van der Waals surface area contributed by atoms with E-state index in [1.54, 1.807) is 24.5 Å². The lowest BCUT2D eigenvalue weighted by Gasteiger charge is -2.11. The maximum atomic E-state index is 10.4. The van der Waals surface area contributed by atoms with Crippen molar-refractivity contribution in [3.8, 4) is 0 Å². The minimum absolute atomic E-state index is 0.401. The lowest BCUT2D eigenvalue weighted by Crippen LogP contribution is -2.23. The summed E-state index contributed by atoms with van der Waals surface area (Å²) in [6, 6.07) is 3.58. The first-order chi connectivity index (χ1) is 5.70. The fraction of sp³-hybridized carbons (Fsp3) is 0.250. The molecule has 1 N–H and O–H groups in total. The number of hydrogen-bond acceptors (Lipinski definition) is 2. The Morgan fingerprint density at radius 3 is 2.67 bits per heavy atom. The topological polar surface area (TPSA) is 53.4 Å². The lowest BCUT2D eigenvalue weighted by molar-refractivity contribution is 0.153.